The van der Waals surface area contributed by atoms with Crippen molar-refractivity contribution in [3.05, 3.63) is 29.3 Å². The summed E-state index contributed by atoms with van der Waals surface area (Å²) in [5.74, 6) is 5.13. The molecule has 1 aromatic rings. The highest BCUT2D eigenvalue weighted by Gasteiger charge is 2.25. The van der Waals surface area contributed by atoms with E-state index >= 15 is 0 Å². The second-order valence-corrected chi connectivity index (χ2v) is 6.09. The summed E-state index contributed by atoms with van der Waals surface area (Å²) in [5.41, 5.74) is 1.24. The molecule has 0 saturated heterocycles. The van der Waals surface area contributed by atoms with Gasteiger partial charge in [0.25, 0.3) is 0 Å². The van der Waals surface area contributed by atoms with E-state index in [1.54, 1.807) is 19.1 Å². The van der Waals surface area contributed by atoms with Crippen molar-refractivity contribution in [2.45, 2.75) is 18.7 Å². The van der Waals surface area contributed by atoms with Gasteiger partial charge in [-0.15, -0.1) is 0 Å². The monoisotopic (exact) mass is 297 g/mol. The summed E-state index contributed by atoms with van der Waals surface area (Å²) in [6.07, 6.45) is 0. The number of hydrogen-bond acceptors (Lipinski definition) is 4. The van der Waals surface area contributed by atoms with Crippen molar-refractivity contribution in [1.29, 1.82) is 0 Å². The van der Waals surface area contributed by atoms with Crippen molar-refractivity contribution in [3.8, 4) is 11.8 Å². The van der Waals surface area contributed by atoms with Crippen LogP contribution >= 0.6 is 0 Å². The molecule has 0 heterocycles. The Hall–Kier alpha value is -1.39. The fourth-order valence-electron chi connectivity index (χ4n) is 1.80. The number of nitrogens with zero attached hydrogens (tertiary/aromatic N) is 1. The molecule has 2 N–H and O–H groups in total. The van der Waals surface area contributed by atoms with Gasteiger partial charge in [0.05, 0.1) is 11.5 Å². The lowest BCUT2D eigenvalue weighted by molar-refractivity contribution is 0.257. The highest BCUT2D eigenvalue weighted by molar-refractivity contribution is 7.89. The molecule has 1 rings (SSSR count). The molecule has 20 heavy (non-hydrogen) atoms. The van der Waals surface area contributed by atoms with Gasteiger partial charge >= 0.3 is 0 Å². The maximum absolute atomic E-state index is 12.5. The van der Waals surface area contributed by atoms with E-state index in [1.165, 1.54) is 10.4 Å². The first-order chi connectivity index (χ1) is 9.47. The summed E-state index contributed by atoms with van der Waals surface area (Å²) >= 11 is 0. The third-order valence-electron chi connectivity index (χ3n) is 2.76. The van der Waals surface area contributed by atoms with Crippen LogP contribution in [0.4, 0.5) is 0 Å². The number of likely N-dealkylation sites (N-methyl/N-ethyl adjacent to an activating group) is 1. The van der Waals surface area contributed by atoms with Gasteiger partial charge in [0.1, 0.15) is 6.61 Å². The molecule has 0 aliphatic carbocycles. The molecule has 1 aromatic carbocycles. The number of aliphatic hydroxyl groups is 2. The van der Waals surface area contributed by atoms with Crippen molar-refractivity contribution in [3.63, 3.8) is 0 Å². The Labute approximate surface area is 119 Å². The molecule has 0 aliphatic rings. The smallest absolute Gasteiger partial charge is 0.244 e. The van der Waals surface area contributed by atoms with Crippen LogP contribution in [0, 0.1) is 18.8 Å². The summed E-state index contributed by atoms with van der Waals surface area (Å²) < 4.78 is 26.3. The molecule has 0 fully saturated rings. The molecule has 110 valence electrons. The van der Waals surface area contributed by atoms with Crippen LogP contribution < -0.4 is 0 Å². The number of benzene rings is 1. The Morgan fingerprint density at radius 3 is 2.55 bits per heavy atom. The van der Waals surface area contributed by atoms with E-state index in [-0.39, 0.29) is 31.2 Å². The largest absolute Gasteiger partial charge is 0.395 e. The SMILES string of the molecule is CCN(CCO)S(=O)(=O)c1ccc(C)cc1C#CCO. The van der Waals surface area contributed by atoms with Crippen LogP contribution in [-0.4, -0.2) is 49.2 Å². The number of aryl methyl sites for hydroxylation is 1. The quantitative estimate of drug-likeness (QED) is 0.768. The van der Waals surface area contributed by atoms with Gasteiger partial charge in [0.2, 0.25) is 10.0 Å². The zero-order valence-electron chi connectivity index (χ0n) is 11.6. The van der Waals surface area contributed by atoms with E-state index < -0.39 is 10.0 Å². The van der Waals surface area contributed by atoms with Gasteiger partial charge in [-0.1, -0.05) is 24.8 Å². The van der Waals surface area contributed by atoms with Gasteiger partial charge in [0, 0.05) is 18.7 Å². The van der Waals surface area contributed by atoms with Crippen LogP contribution in [0.1, 0.15) is 18.1 Å². The standard InChI is InChI=1S/C14H19NO4S/c1-3-15(8-10-17)20(18,19)14-7-6-12(2)11-13(14)5-4-9-16/h6-7,11,16-17H,3,8-10H2,1-2H3. The van der Waals surface area contributed by atoms with Crippen LogP contribution in [0.3, 0.4) is 0 Å². The molecule has 6 heteroatoms. The van der Waals surface area contributed by atoms with Crippen molar-refractivity contribution < 1.29 is 18.6 Å². The summed E-state index contributed by atoms with van der Waals surface area (Å²) in [6, 6.07) is 4.87. The Morgan fingerprint density at radius 2 is 2.00 bits per heavy atom. The molecular weight excluding hydrogens is 278 g/mol. The van der Waals surface area contributed by atoms with Gasteiger partial charge in [-0.25, -0.2) is 8.42 Å². The summed E-state index contributed by atoms with van der Waals surface area (Å²) in [5, 5.41) is 17.7. The van der Waals surface area contributed by atoms with Crippen LogP contribution in [0.15, 0.2) is 23.1 Å². The van der Waals surface area contributed by atoms with Crippen molar-refractivity contribution in [2.24, 2.45) is 0 Å². The van der Waals surface area contributed by atoms with Gasteiger partial charge < -0.3 is 10.2 Å². The predicted octanol–water partition coefficient (Wildman–Crippen LogP) is 0.342. The van der Waals surface area contributed by atoms with E-state index in [2.05, 4.69) is 11.8 Å². The second-order valence-electron chi connectivity index (χ2n) is 4.18. The lowest BCUT2D eigenvalue weighted by Crippen LogP contribution is -2.33. The van der Waals surface area contributed by atoms with Crippen molar-refractivity contribution in [2.75, 3.05) is 26.3 Å². The Kier molecular flexibility index (Phi) is 6.17. The molecule has 0 atom stereocenters. The molecule has 5 nitrogen and oxygen atoms in total. The molecule has 0 saturated carbocycles. The Morgan fingerprint density at radius 1 is 1.30 bits per heavy atom. The van der Waals surface area contributed by atoms with E-state index in [0.29, 0.717) is 5.56 Å². The van der Waals surface area contributed by atoms with Crippen LogP contribution in [0.2, 0.25) is 0 Å². The van der Waals surface area contributed by atoms with Gasteiger partial charge in [-0.2, -0.15) is 4.31 Å². The third-order valence-corrected chi connectivity index (χ3v) is 4.79. The maximum atomic E-state index is 12.5. The molecular formula is C14H19NO4S. The minimum absolute atomic E-state index is 0.0412. The van der Waals surface area contributed by atoms with E-state index in [1.807, 2.05) is 6.92 Å². The first-order valence-corrected chi connectivity index (χ1v) is 7.72. The van der Waals surface area contributed by atoms with E-state index in [4.69, 9.17) is 10.2 Å². The zero-order valence-corrected chi connectivity index (χ0v) is 12.4. The lowest BCUT2D eigenvalue weighted by atomic mass is 10.1. The molecule has 0 bridgehead atoms. The first-order valence-electron chi connectivity index (χ1n) is 6.28. The van der Waals surface area contributed by atoms with Crippen molar-refractivity contribution >= 4 is 10.0 Å². The number of aliphatic hydroxyl groups excluding tert-OH is 2. The number of sulfonamides is 1. The predicted molar refractivity (Wildman–Crippen MR) is 76.7 cm³/mol. The third kappa shape index (κ3) is 3.81. The van der Waals surface area contributed by atoms with Crippen LogP contribution in [-0.2, 0) is 10.0 Å². The molecule has 0 amide bonds. The average molecular weight is 297 g/mol. The second kappa shape index (κ2) is 7.41. The highest BCUT2D eigenvalue weighted by atomic mass is 32.2. The lowest BCUT2D eigenvalue weighted by Gasteiger charge is -2.20. The number of rotatable bonds is 5. The summed E-state index contributed by atoms with van der Waals surface area (Å²) in [6.45, 7) is 3.29. The topological polar surface area (TPSA) is 77.8 Å². The zero-order chi connectivity index (χ0) is 15.2. The molecule has 0 radical (unpaired) electrons. The average Bonchev–Trinajstić information content (AvgIpc) is 2.42. The normalized spacial score (nSPS) is 11.2. The highest BCUT2D eigenvalue weighted by Crippen LogP contribution is 2.20. The molecule has 0 unspecified atom stereocenters. The van der Waals surface area contributed by atoms with E-state index in [0.717, 1.165) is 5.56 Å². The van der Waals surface area contributed by atoms with Gasteiger partial charge in [-0.3, -0.25) is 0 Å². The van der Waals surface area contributed by atoms with Crippen LogP contribution in [0.5, 0.6) is 0 Å². The Bertz CT molecular complexity index is 614. The summed E-state index contributed by atoms with van der Waals surface area (Å²) in [7, 11) is -3.70. The van der Waals surface area contributed by atoms with Gasteiger partial charge in [0.15, 0.2) is 0 Å². The van der Waals surface area contributed by atoms with Gasteiger partial charge in [-0.05, 0) is 24.6 Å². The molecule has 0 aromatic heterocycles. The minimum atomic E-state index is -3.70. The summed E-state index contributed by atoms with van der Waals surface area (Å²) in [4.78, 5) is 0.0966. The number of hydrogen-bond donors (Lipinski definition) is 2. The molecule has 0 spiro atoms. The first kappa shape index (κ1) is 16.7. The van der Waals surface area contributed by atoms with Crippen LogP contribution in [0.25, 0.3) is 0 Å². The Balaban J connectivity index is 3.37. The minimum Gasteiger partial charge on any atom is -0.395 e. The molecule has 0 aliphatic heterocycles. The maximum Gasteiger partial charge on any atom is 0.244 e. The fraction of sp³-hybridized carbons (Fsp3) is 0.429. The fourth-order valence-corrected chi connectivity index (χ4v) is 3.37. The van der Waals surface area contributed by atoms with E-state index in [9.17, 15) is 8.42 Å². The van der Waals surface area contributed by atoms with Crippen molar-refractivity contribution in [1.82, 2.24) is 4.31 Å².